The maximum Gasteiger partial charge on any atom is 0.305 e. The highest BCUT2D eigenvalue weighted by atomic mass is 16.5. The van der Waals surface area contributed by atoms with Gasteiger partial charge in [0.2, 0.25) is 5.91 Å². The SMILES string of the molecule is CCCCC/C=C\C/C=C\CCCCCCCC(=O)OCCCCCCCC/C=C\CCCCCCCCCC(=O)NC(CO)C(O)CCCCCCCCCCCCCC. The van der Waals surface area contributed by atoms with Gasteiger partial charge < -0.3 is 20.3 Å². The topological polar surface area (TPSA) is 95.9 Å². The number of hydrogen-bond acceptors (Lipinski definition) is 5. The number of esters is 1. The van der Waals surface area contributed by atoms with Crippen LogP contribution in [0.1, 0.15) is 277 Å². The molecule has 0 spiro atoms. The van der Waals surface area contributed by atoms with Gasteiger partial charge in [-0.2, -0.15) is 0 Å². The van der Waals surface area contributed by atoms with E-state index in [0.717, 1.165) is 64.2 Å². The Labute approximate surface area is 379 Å². The number of ether oxygens (including phenoxy) is 1. The summed E-state index contributed by atoms with van der Waals surface area (Å²) in [6.07, 6.45) is 61.2. The first kappa shape index (κ1) is 59.1. The van der Waals surface area contributed by atoms with Gasteiger partial charge in [0.15, 0.2) is 0 Å². The van der Waals surface area contributed by atoms with Crippen molar-refractivity contribution >= 4 is 11.9 Å². The van der Waals surface area contributed by atoms with Crippen molar-refractivity contribution in [3.63, 3.8) is 0 Å². The molecule has 3 N–H and O–H groups in total. The lowest BCUT2D eigenvalue weighted by Crippen LogP contribution is -2.45. The molecule has 2 atom stereocenters. The van der Waals surface area contributed by atoms with Gasteiger partial charge in [-0.1, -0.05) is 217 Å². The minimum atomic E-state index is -0.671. The minimum Gasteiger partial charge on any atom is -0.466 e. The number of rotatable bonds is 49. The molecule has 6 heteroatoms. The lowest BCUT2D eigenvalue weighted by Gasteiger charge is -2.22. The van der Waals surface area contributed by atoms with Gasteiger partial charge in [0.1, 0.15) is 0 Å². The summed E-state index contributed by atoms with van der Waals surface area (Å²) in [5.41, 5.74) is 0. The van der Waals surface area contributed by atoms with Crippen LogP contribution in [0.3, 0.4) is 0 Å². The third-order valence-corrected chi connectivity index (χ3v) is 12.2. The molecule has 0 rings (SSSR count). The van der Waals surface area contributed by atoms with E-state index in [4.69, 9.17) is 4.74 Å². The number of nitrogens with one attached hydrogen (secondary N) is 1. The number of allylic oxidation sites excluding steroid dienone is 6. The number of carbonyl (C=O) groups excluding carboxylic acids is 2. The zero-order valence-corrected chi connectivity index (χ0v) is 40.6. The Morgan fingerprint density at radius 1 is 0.459 bits per heavy atom. The van der Waals surface area contributed by atoms with Crippen LogP contribution in [0.15, 0.2) is 36.5 Å². The zero-order chi connectivity index (χ0) is 44.4. The van der Waals surface area contributed by atoms with Gasteiger partial charge in [-0.15, -0.1) is 0 Å². The van der Waals surface area contributed by atoms with Crippen molar-refractivity contribution in [1.29, 1.82) is 0 Å². The van der Waals surface area contributed by atoms with Crippen LogP contribution in [0.2, 0.25) is 0 Å². The first-order valence-corrected chi connectivity index (χ1v) is 26.7. The van der Waals surface area contributed by atoms with E-state index < -0.39 is 12.1 Å². The maximum absolute atomic E-state index is 12.4. The molecule has 6 nitrogen and oxygen atoms in total. The fourth-order valence-corrected chi connectivity index (χ4v) is 8.02. The van der Waals surface area contributed by atoms with E-state index in [1.54, 1.807) is 0 Å². The van der Waals surface area contributed by atoms with Crippen molar-refractivity contribution in [2.75, 3.05) is 13.2 Å². The fourth-order valence-electron chi connectivity index (χ4n) is 8.02. The second-order valence-corrected chi connectivity index (χ2v) is 18.2. The highest BCUT2D eigenvalue weighted by molar-refractivity contribution is 5.76. The lowest BCUT2D eigenvalue weighted by atomic mass is 10.0. The van der Waals surface area contributed by atoms with E-state index in [1.165, 1.54) is 180 Å². The molecule has 0 saturated heterocycles. The average Bonchev–Trinajstić information content (AvgIpc) is 3.26. The fraction of sp³-hybridized carbons (Fsp3) is 0.855. The van der Waals surface area contributed by atoms with Crippen LogP contribution in [0, 0.1) is 0 Å². The summed E-state index contributed by atoms with van der Waals surface area (Å²) in [7, 11) is 0. The largest absolute Gasteiger partial charge is 0.466 e. The van der Waals surface area contributed by atoms with Gasteiger partial charge in [-0.25, -0.2) is 0 Å². The Morgan fingerprint density at radius 3 is 1.30 bits per heavy atom. The van der Waals surface area contributed by atoms with Crippen molar-refractivity contribution in [2.45, 2.75) is 289 Å². The molecule has 2 unspecified atom stereocenters. The second-order valence-electron chi connectivity index (χ2n) is 18.2. The summed E-state index contributed by atoms with van der Waals surface area (Å²) in [6, 6.07) is -0.550. The Balaban J connectivity index is 3.46. The van der Waals surface area contributed by atoms with E-state index in [0.29, 0.717) is 25.9 Å². The molecular formula is C55H103NO5. The molecular weight excluding hydrogens is 755 g/mol. The number of unbranched alkanes of at least 4 members (excludes halogenated alkanes) is 32. The lowest BCUT2D eigenvalue weighted by molar-refractivity contribution is -0.143. The molecule has 0 radical (unpaired) electrons. The van der Waals surface area contributed by atoms with Gasteiger partial charge in [-0.3, -0.25) is 9.59 Å². The standard InChI is InChI=1S/C55H103NO5/c1-3-5-7-9-11-13-15-17-21-25-29-33-37-41-45-49-55(60)61-50-46-42-38-34-30-26-23-20-18-19-22-24-28-32-36-40-44-48-54(59)56-52(51-57)53(58)47-43-39-35-31-27-16-14-12-10-8-6-4-2/h11,13,17-18,20-21,52-53,57-58H,3-10,12,14-16,19,22-51H2,1-2H3,(H,56,59)/b13-11-,20-18-,21-17-. The van der Waals surface area contributed by atoms with Gasteiger partial charge in [0.25, 0.3) is 0 Å². The van der Waals surface area contributed by atoms with E-state index in [9.17, 15) is 19.8 Å². The summed E-state index contributed by atoms with van der Waals surface area (Å²) in [5, 5.41) is 23.2. The molecule has 0 aliphatic rings. The summed E-state index contributed by atoms with van der Waals surface area (Å²) in [6.45, 7) is 4.89. The molecule has 0 heterocycles. The number of hydrogen-bond donors (Lipinski definition) is 3. The zero-order valence-electron chi connectivity index (χ0n) is 40.6. The van der Waals surface area contributed by atoms with Crippen LogP contribution < -0.4 is 5.32 Å². The van der Waals surface area contributed by atoms with Crippen LogP contribution in [0.5, 0.6) is 0 Å². The summed E-state index contributed by atoms with van der Waals surface area (Å²) >= 11 is 0. The molecule has 0 aromatic rings. The average molecular weight is 858 g/mol. The van der Waals surface area contributed by atoms with Crippen molar-refractivity contribution in [3.05, 3.63) is 36.5 Å². The van der Waals surface area contributed by atoms with Gasteiger partial charge in [0.05, 0.1) is 25.4 Å². The first-order chi connectivity index (χ1) is 30.0. The third-order valence-electron chi connectivity index (χ3n) is 12.2. The Hall–Kier alpha value is -1.92. The molecule has 0 saturated carbocycles. The highest BCUT2D eigenvalue weighted by Gasteiger charge is 2.20. The quantitative estimate of drug-likeness (QED) is 0.0322. The number of amides is 1. The predicted octanol–water partition coefficient (Wildman–Crippen LogP) is 16.1. The predicted molar refractivity (Wildman–Crippen MR) is 264 cm³/mol. The van der Waals surface area contributed by atoms with Gasteiger partial charge in [0, 0.05) is 12.8 Å². The molecule has 1 amide bonds. The van der Waals surface area contributed by atoms with Crippen LogP contribution in [0.25, 0.3) is 0 Å². The van der Waals surface area contributed by atoms with E-state index in [2.05, 4.69) is 55.6 Å². The summed E-state index contributed by atoms with van der Waals surface area (Å²) < 4.78 is 5.46. The Kier molecular flexibility index (Phi) is 49.1. The van der Waals surface area contributed by atoms with E-state index in [-0.39, 0.29) is 18.5 Å². The van der Waals surface area contributed by atoms with Crippen molar-refractivity contribution in [1.82, 2.24) is 5.32 Å². The molecule has 0 bridgehead atoms. The van der Waals surface area contributed by atoms with Crippen LogP contribution in [-0.4, -0.2) is 47.4 Å². The van der Waals surface area contributed by atoms with E-state index in [1.807, 2.05) is 0 Å². The minimum absolute atomic E-state index is 0.0163. The molecule has 61 heavy (non-hydrogen) atoms. The monoisotopic (exact) mass is 858 g/mol. The van der Waals surface area contributed by atoms with E-state index >= 15 is 0 Å². The summed E-state index contributed by atoms with van der Waals surface area (Å²) in [4.78, 5) is 24.5. The third kappa shape index (κ3) is 47.4. The Morgan fingerprint density at radius 2 is 0.820 bits per heavy atom. The Bertz CT molecular complexity index is 993. The second kappa shape index (κ2) is 50.7. The van der Waals surface area contributed by atoms with Crippen LogP contribution in [0.4, 0.5) is 0 Å². The van der Waals surface area contributed by atoms with Crippen molar-refractivity contribution in [2.24, 2.45) is 0 Å². The first-order valence-electron chi connectivity index (χ1n) is 26.7. The smallest absolute Gasteiger partial charge is 0.305 e. The highest BCUT2D eigenvalue weighted by Crippen LogP contribution is 2.16. The number of carbonyl (C=O) groups is 2. The molecule has 358 valence electrons. The van der Waals surface area contributed by atoms with Crippen LogP contribution >= 0.6 is 0 Å². The van der Waals surface area contributed by atoms with Crippen molar-refractivity contribution in [3.8, 4) is 0 Å². The summed E-state index contributed by atoms with van der Waals surface area (Å²) in [5.74, 6) is -0.0649. The van der Waals surface area contributed by atoms with Crippen LogP contribution in [-0.2, 0) is 14.3 Å². The maximum atomic E-state index is 12.4. The van der Waals surface area contributed by atoms with Crippen molar-refractivity contribution < 1.29 is 24.5 Å². The molecule has 0 aromatic carbocycles. The molecule has 0 aromatic heterocycles. The normalized spacial score (nSPS) is 12.9. The molecule has 0 aliphatic carbocycles. The van der Waals surface area contributed by atoms with Gasteiger partial charge >= 0.3 is 5.97 Å². The molecule has 0 fully saturated rings. The van der Waals surface area contributed by atoms with Gasteiger partial charge in [-0.05, 0) is 83.5 Å². The number of aliphatic hydroxyl groups is 2. The number of aliphatic hydroxyl groups excluding tert-OH is 2. The molecule has 0 aliphatic heterocycles.